The number of anilines is 1. The Kier molecular flexibility index (Phi) is 7.09. The highest BCUT2D eigenvalue weighted by atomic mass is 32.2. The number of benzene rings is 2. The first-order valence-electron chi connectivity index (χ1n) is 11.5. The van der Waals surface area contributed by atoms with Crippen LogP contribution < -0.4 is 4.90 Å². The first-order chi connectivity index (χ1) is 16.1. The van der Waals surface area contributed by atoms with Crippen LogP contribution in [0.5, 0.6) is 0 Å². The van der Waals surface area contributed by atoms with Crippen LogP contribution in [0.2, 0.25) is 0 Å². The van der Waals surface area contributed by atoms with E-state index in [2.05, 4.69) is 24.0 Å². The number of thiazole rings is 1. The maximum absolute atomic E-state index is 13.6. The summed E-state index contributed by atoms with van der Waals surface area (Å²) in [5.41, 5.74) is 3.60. The largest absolute Gasteiger partial charge is 0.309 e. The normalized spacial score (nSPS) is 14.3. The van der Waals surface area contributed by atoms with Crippen LogP contribution in [0.1, 0.15) is 40.7 Å². The van der Waals surface area contributed by atoms with Gasteiger partial charge >= 0.3 is 0 Å². The van der Waals surface area contributed by atoms with Crippen molar-refractivity contribution in [2.24, 2.45) is 0 Å². The minimum atomic E-state index is -3.55. The molecule has 0 bridgehead atoms. The molecule has 1 heterocycles. The van der Waals surface area contributed by atoms with Crippen molar-refractivity contribution in [3.8, 4) is 0 Å². The number of fused-ring (bicyclic) bond motifs is 1. The average Bonchev–Trinajstić information content (AvgIpc) is 3.56. The molecule has 1 amide bonds. The molecule has 34 heavy (non-hydrogen) atoms. The minimum absolute atomic E-state index is 0.0874. The summed E-state index contributed by atoms with van der Waals surface area (Å²) in [6, 6.07) is 10.5. The van der Waals surface area contributed by atoms with E-state index in [1.165, 1.54) is 27.8 Å². The molecule has 0 spiro atoms. The zero-order valence-corrected chi connectivity index (χ0v) is 22.0. The van der Waals surface area contributed by atoms with Crippen molar-refractivity contribution in [3.63, 3.8) is 0 Å². The molecule has 1 saturated carbocycles. The van der Waals surface area contributed by atoms with Crippen LogP contribution in [0.15, 0.2) is 41.3 Å². The number of hydrogen-bond donors (Lipinski definition) is 0. The molecule has 0 saturated heterocycles. The number of amides is 1. The average molecular weight is 501 g/mol. The SMILES string of the molecule is Cc1ccc(C)c2sc(N(CCCN(C)C)C(=O)c3ccc(S(=O)(=O)N(C)C4CC4)cc3)nc12. The molecule has 0 unspecified atom stereocenters. The Morgan fingerprint density at radius 3 is 2.24 bits per heavy atom. The van der Waals surface area contributed by atoms with Gasteiger partial charge in [-0.2, -0.15) is 4.31 Å². The highest BCUT2D eigenvalue weighted by Gasteiger charge is 2.35. The molecule has 1 aromatic heterocycles. The van der Waals surface area contributed by atoms with Crippen molar-refractivity contribution in [1.29, 1.82) is 0 Å². The number of nitrogens with zero attached hydrogens (tertiary/aromatic N) is 4. The fourth-order valence-corrected chi connectivity index (χ4v) is 6.47. The second-order valence-corrected chi connectivity index (χ2v) is 12.2. The summed E-state index contributed by atoms with van der Waals surface area (Å²) >= 11 is 1.53. The lowest BCUT2D eigenvalue weighted by atomic mass is 10.1. The highest BCUT2D eigenvalue weighted by Crippen LogP contribution is 2.34. The molecule has 2 aromatic carbocycles. The van der Waals surface area contributed by atoms with Crippen molar-refractivity contribution < 1.29 is 13.2 Å². The number of carbonyl (C=O) groups is 1. The molecule has 1 aliphatic rings. The van der Waals surface area contributed by atoms with Gasteiger partial charge in [0.1, 0.15) is 0 Å². The van der Waals surface area contributed by atoms with Crippen molar-refractivity contribution >= 4 is 42.6 Å². The van der Waals surface area contributed by atoms with Gasteiger partial charge in [-0.05, 0) is 89.1 Å². The van der Waals surface area contributed by atoms with E-state index in [9.17, 15) is 13.2 Å². The van der Waals surface area contributed by atoms with Crippen molar-refractivity contribution in [3.05, 3.63) is 53.1 Å². The Labute approximate surface area is 206 Å². The van der Waals surface area contributed by atoms with Crippen molar-refractivity contribution in [1.82, 2.24) is 14.2 Å². The fraction of sp³-hybridized carbons (Fsp3) is 0.440. The van der Waals surface area contributed by atoms with Gasteiger partial charge in [-0.1, -0.05) is 23.5 Å². The third-order valence-electron chi connectivity index (χ3n) is 6.23. The van der Waals surface area contributed by atoms with Crippen LogP contribution in [0, 0.1) is 13.8 Å². The lowest BCUT2D eigenvalue weighted by Crippen LogP contribution is -2.33. The van der Waals surface area contributed by atoms with Gasteiger partial charge in [-0.3, -0.25) is 9.69 Å². The van der Waals surface area contributed by atoms with Crippen molar-refractivity contribution in [2.45, 2.75) is 44.0 Å². The zero-order valence-electron chi connectivity index (χ0n) is 20.4. The molecular formula is C25H32N4O3S2. The maximum atomic E-state index is 13.6. The van der Waals surface area contributed by atoms with E-state index in [4.69, 9.17) is 4.98 Å². The summed E-state index contributed by atoms with van der Waals surface area (Å²) < 4.78 is 28.2. The lowest BCUT2D eigenvalue weighted by Gasteiger charge is -2.21. The zero-order chi connectivity index (χ0) is 24.6. The highest BCUT2D eigenvalue weighted by molar-refractivity contribution is 7.89. The van der Waals surface area contributed by atoms with Crippen LogP contribution in [-0.2, 0) is 10.0 Å². The van der Waals surface area contributed by atoms with Crippen LogP contribution in [-0.4, -0.2) is 68.8 Å². The van der Waals surface area contributed by atoms with Gasteiger partial charge in [-0.25, -0.2) is 13.4 Å². The Morgan fingerprint density at radius 2 is 1.65 bits per heavy atom. The van der Waals surface area contributed by atoms with Gasteiger partial charge in [0.2, 0.25) is 10.0 Å². The first kappa shape index (κ1) is 24.8. The third kappa shape index (κ3) is 5.02. The number of aromatic nitrogens is 1. The number of aryl methyl sites for hydroxylation is 2. The summed E-state index contributed by atoms with van der Waals surface area (Å²) in [5, 5.41) is 0.668. The summed E-state index contributed by atoms with van der Waals surface area (Å²) in [6.45, 7) is 5.46. The molecule has 7 nitrogen and oxygen atoms in total. The van der Waals surface area contributed by atoms with Gasteiger partial charge in [0, 0.05) is 25.2 Å². The smallest absolute Gasteiger partial charge is 0.260 e. The quantitative estimate of drug-likeness (QED) is 0.438. The van der Waals surface area contributed by atoms with Crippen LogP contribution in [0.4, 0.5) is 5.13 Å². The topological polar surface area (TPSA) is 73.8 Å². The number of sulfonamides is 1. The van der Waals surface area contributed by atoms with Gasteiger partial charge in [0.25, 0.3) is 5.91 Å². The van der Waals surface area contributed by atoms with Gasteiger partial charge < -0.3 is 4.90 Å². The Balaban J connectivity index is 1.64. The van der Waals surface area contributed by atoms with E-state index < -0.39 is 10.0 Å². The lowest BCUT2D eigenvalue weighted by molar-refractivity contribution is 0.0986. The van der Waals surface area contributed by atoms with Crippen LogP contribution in [0.3, 0.4) is 0 Å². The second-order valence-electron chi connectivity index (χ2n) is 9.26. The summed E-state index contributed by atoms with van der Waals surface area (Å²) in [4.78, 5) is 22.5. The second kappa shape index (κ2) is 9.73. The molecule has 0 atom stereocenters. The fourth-order valence-electron chi connectivity index (χ4n) is 3.92. The molecule has 0 radical (unpaired) electrons. The number of hydrogen-bond acceptors (Lipinski definition) is 6. The monoisotopic (exact) mass is 500 g/mol. The molecule has 1 fully saturated rings. The Bertz CT molecular complexity index is 1260. The summed E-state index contributed by atoms with van der Waals surface area (Å²) in [6.07, 6.45) is 2.59. The van der Waals surface area contributed by atoms with E-state index in [1.54, 1.807) is 24.1 Å². The van der Waals surface area contributed by atoms with Gasteiger partial charge in [-0.15, -0.1) is 0 Å². The van der Waals surface area contributed by atoms with Crippen molar-refractivity contribution in [2.75, 3.05) is 39.1 Å². The molecular weight excluding hydrogens is 468 g/mol. The summed E-state index contributed by atoms with van der Waals surface area (Å²) in [5.74, 6) is -0.174. The number of rotatable bonds is 9. The van der Waals surface area contributed by atoms with E-state index in [0.29, 0.717) is 17.2 Å². The molecule has 3 aromatic rings. The molecule has 182 valence electrons. The molecule has 0 N–H and O–H groups in total. The predicted octanol–water partition coefficient (Wildman–Crippen LogP) is 4.29. The Morgan fingerprint density at radius 1 is 1.00 bits per heavy atom. The molecule has 4 rings (SSSR count). The summed E-state index contributed by atoms with van der Waals surface area (Å²) in [7, 11) is 2.09. The van der Waals surface area contributed by atoms with E-state index in [-0.39, 0.29) is 16.8 Å². The molecule has 9 heteroatoms. The van der Waals surface area contributed by atoms with Gasteiger partial charge in [0.05, 0.1) is 15.1 Å². The Hall–Kier alpha value is -2.33. The molecule has 1 aliphatic carbocycles. The van der Waals surface area contributed by atoms with E-state index >= 15 is 0 Å². The standard InChI is InChI=1S/C25H32N4O3S2/c1-17-7-8-18(2)23-22(17)26-25(33-23)29(16-6-15-27(3)4)24(30)19-9-13-21(14-10-19)34(31,32)28(5)20-11-12-20/h7-10,13-14,20H,6,11-12,15-16H2,1-5H3. The predicted molar refractivity (Wildman–Crippen MR) is 138 cm³/mol. The van der Waals surface area contributed by atoms with E-state index in [0.717, 1.165) is 47.2 Å². The van der Waals surface area contributed by atoms with Crippen LogP contribution >= 0.6 is 11.3 Å². The maximum Gasteiger partial charge on any atom is 0.260 e. The minimum Gasteiger partial charge on any atom is -0.309 e. The van der Waals surface area contributed by atoms with Gasteiger partial charge in [0.15, 0.2) is 5.13 Å². The number of carbonyl (C=O) groups excluding carboxylic acids is 1. The van der Waals surface area contributed by atoms with Crippen LogP contribution in [0.25, 0.3) is 10.2 Å². The third-order valence-corrected chi connectivity index (χ3v) is 9.37. The first-order valence-corrected chi connectivity index (χ1v) is 13.8. The molecule has 0 aliphatic heterocycles. The van der Waals surface area contributed by atoms with E-state index in [1.807, 2.05) is 21.0 Å².